The third kappa shape index (κ3) is 1.93. The van der Waals surface area contributed by atoms with Crippen LogP contribution in [0.1, 0.15) is 24.0 Å². The Bertz CT molecular complexity index is 345. The molecule has 0 bridgehead atoms. The predicted octanol–water partition coefficient (Wildman–Crippen LogP) is 2.98. The second-order valence-corrected chi connectivity index (χ2v) is 3.44. The van der Waals surface area contributed by atoms with Crippen molar-refractivity contribution >= 4 is 11.6 Å². The number of rotatable bonds is 1. The molecule has 68 valence electrons. The second kappa shape index (κ2) is 3.68. The van der Waals surface area contributed by atoms with Crippen molar-refractivity contribution in [3.05, 3.63) is 28.3 Å². The lowest BCUT2D eigenvalue weighted by Crippen LogP contribution is -1.92. The highest BCUT2D eigenvalue weighted by molar-refractivity contribution is 6.31. The maximum Gasteiger partial charge on any atom is 0.121 e. The van der Waals surface area contributed by atoms with Crippen LogP contribution in [0.15, 0.2) is 12.1 Å². The molecule has 1 unspecified atom stereocenters. The zero-order valence-corrected chi connectivity index (χ0v) is 8.26. The van der Waals surface area contributed by atoms with Crippen LogP contribution in [-0.4, -0.2) is 5.11 Å². The van der Waals surface area contributed by atoms with Gasteiger partial charge in [-0.3, -0.25) is 0 Å². The highest BCUT2D eigenvalue weighted by Gasteiger charge is 2.14. The van der Waals surface area contributed by atoms with Crippen LogP contribution < -0.4 is 0 Å². The lowest BCUT2D eigenvalue weighted by molar-refractivity contribution is 0.466. The molecule has 1 rings (SSSR count). The summed E-state index contributed by atoms with van der Waals surface area (Å²) >= 11 is 5.90. The summed E-state index contributed by atoms with van der Waals surface area (Å²) in [5.74, 6) is -0.285. The molecule has 0 aliphatic heterocycles. The van der Waals surface area contributed by atoms with Gasteiger partial charge in [0.1, 0.15) is 5.75 Å². The van der Waals surface area contributed by atoms with E-state index in [0.717, 1.165) is 5.56 Å². The van der Waals surface area contributed by atoms with E-state index in [4.69, 9.17) is 16.9 Å². The third-order valence-electron chi connectivity index (χ3n) is 1.88. The molecule has 0 radical (unpaired) electrons. The maximum absolute atomic E-state index is 9.54. The number of aryl methyl sites for hydroxylation is 1. The van der Waals surface area contributed by atoms with E-state index in [1.807, 2.05) is 13.0 Å². The molecule has 0 saturated carbocycles. The Morgan fingerprint density at radius 3 is 2.62 bits per heavy atom. The summed E-state index contributed by atoms with van der Waals surface area (Å²) in [5.41, 5.74) is 1.39. The van der Waals surface area contributed by atoms with E-state index in [9.17, 15) is 5.11 Å². The highest BCUT2D eigenvalue weighted by atomic mass is 35.5. The summed E-state index contributed by atoms with van der Waals surface area (Å²) < 4.78 is 0. The smallest absolute Gasteiger partial charge is 0.121 e. The van der Waals surface area contributed by atoms with Gasteiger partial charge in [0, 0.05) is 10.6 Å². The molecule has 1 atom stereocenters. The first-order chi connectivity index (χ1) is 6.06. The molecule has 0 fully saturated rings. The lowest BCUT2D eigenvalue weighted by atomic mass is 10.00. The average molecular weight is 196 g/mol. The minimum absolute atomic E-state index is 0.0963. The van der Waals surface area contributed by atoms with Gasteiger partial charge in [-0.1, -0.05) is 11.6 Å². The van der Waals surface area contributed by atoms with Crippen LogP contribution in [0.25, 0.3) is 0 Å². The number of hydrogen-bond donors (Lipinski definition) is 1. The van der Waals surface area contributed by atoms with Gasteiger partial charge < -0.3 is 5.11 Å². The Hall–Kier alpha value is -1.20. The molecule has 1 aromatic rings. The predicted molar refractivity (Wildman–Crippen MR) is 51.9 cm³/mol. The fourth-order valence-electron chi connectivity index (χ4n) is 1.23. The summed E-state index contributed by atoms with van der Waals surface area (Å²) in [6.07, 6.45) is 0. The van der Waals surface area contributed by atoms with Gasteiger partial charge in [-0.05, 0) is 31.5 Å². The molecule has 0 saturated heterocycles. The van der Waals surface area contributed by atoms with E-state index in [-0.39, 0.29) is 11.7 Å². The zero-order chi connectivity index (χ0) is 10.0. The monoisotopic (exact) mass is 195 g/mol. The Balaban J connectivity index is 3.30. The summed E-state index contributed by atoms with van der Waals surface area (Å²) in [7, 11) is 0. The summed E-state index contributed by atoms with van der Waals surface area (Å²) in [6.45, 7) is 3.54. The van der Waals surface area contributed by atoms with Crippen molar-refractivity contribution in [3.63, 3.8) is 0 Å². The third-order valence-corrected chi connectivity index (χ3v) is 2.19. The number of benzene rings is 1. The van der Waals surface area contributed by atoms with E-state index < -0.39 is 0 Å². The molecule has 0 aromatic heterocycles. The Labute approximate surface area is 82.4 Å². The fourth-order valence-corrected chi connectivity index (χ4v) is 1.66. The molecule has 0 aliphatic rings. The number of nitriles is 1. The molecule has 1 N–H and O–H groups in total. The van der Waals surface area contributed by atoms with Gasteiger partial charge in [0.25, 0.3) is 0 Å². The number of phenolic OH excluding ortho intramolecular Hbond substituents is 1. The van der Waals surface area contributed by atoms with Crippen LogP contribution >= 0.6 is 11.6 Å². The van der Waals surface area contributed by atoms with Crippen LogP contribution in [-0.2, 0) is 0 Å². The van der Waals surface area contributed by atoms with Crippen molar-refractivity contribution in [1.29, 1.82) is 5.26 Å². The minimum Gasteiger partial charge on any atom is -0.508 e. The maximum atomic E-state index is 9.54. The van der Waals surface area contributed by atoms with Crippen molar-refractivity contribution in [2.45, 2.75) is 19.8 Å². The van der Waals surface area contributed by atoms with E-state index in [2.05, 4.69) is 0 Å². The zero-order valence-electron chi connectivity index (χ0n) is 7.50. The topological polar surface area (TPSA) is 44.0 Å². The second-order valence-electron chi connectivity index (χ2n) is 3.03. The molecule has 3 heteroatoms. The fraction of sp³-hybridized carbons (Fsp3) is 0.300. The quantitative estimate of drug-likeness (QED) is 0.749. The van der Waals surface area contributed by atoms with Gasteiger partial charge in [0.15, 0.2) is 0 Å². The average Bonchev–Trinajstić information content (AvgIpc) is 2.02. The lowest BCUT2D eigenvalue weighted by Gasteiger charge is -2.09. The molecule has 0 amide bonds. The van der Waals surface area contributed by atoms with Crippen LogP contribution in [0, 0.1) is 18.3 Å². The van der Waals surface area contributed by atoms with Gasteiger partial charge in [-0.15, -0.1) is 0 Å². The number of aromatic hydroxyl groups is 1. The molecule has 0 heterocycles. The molecule has 0 spiro atoms. The first kappa shape index (κ1) is 9.88. The highest BCUT2D eigenvalue weighted by Crippen LogP contribution is 2.33. The molecule has 0 aliphatic carbocycles. The summed E-state index contributed by atoms with van der Waals surface area (Å²) in [5, 5.41) is 18.7. The number of halogens is 1. The number of phenols is 1. The Morgan fingerprint density at radius 1 is 1.54 bits per heavy atom. The summed E-state index contributed by atoms with van der Waals surface area (Å²) in [6, 6.07) is 5.38. The van der Waals surface area contributed by atoms with Gasteiger partial charge in [0.05, 0.1) is 12.0 Å². The first-order valence-electron chi connectivity index (χ1n) is 3.95. The van der Waals surface area contributed by atoms with Crippen LogP contribution in [0.4, 0.5) is 0 Å². The normalized spacial score (nSPS) is 12.2. The van der Waals surface area contributed by atoms with Gasteiger partial charge in [-0.2, -0.15) is 5.26 Å². The van der Waals surface area contributed by atoms with E-state index in [0.29, 0.717) is 10.6 Å². The van der Waals surface area contributed by atoms with Crippen molar-refractivity contribution < 1.29 is 5.11 Å². The van der Waals surface area contributed by atoms with Gasteiger partial charge in [-0.25, -0.2) is 0 Å². The van der Waals surface area contributed by atoms with Crippen LogP contribution in [0.5, 0.6) is 5.75 Å². The van der Waals surface area contributed by atoms with Gasteiger partial charge in [0.2, 0.25) is 0 Å². The largest absolute Gasteiger partial charge is 0.508 e. The number of nitrogens with zero attached hydrogens (tertiary/aromatic N) is 1. The minimum atomic E-state index is -0.381. The van der Waals surface area contributed by atoms with Crippen LogP contribution in [0.2, 0.25) is 5.02 Å². The van der Waals surface area contributed by atoms with E-state index in [1.165, 1.54) is 0 Å². The Kier molecular flexibility index (Phi) is 2.79. The Morgan fingerprint density at radius 2 is 2.15 bits per heavy atom. The molecular weight excluding hydrogens is 186 g/mol. The standard InChI is InChI=1S/C10H10ClNO/c1-6-3-8(11)10(7(2)5-12)9(13)4-6/h3-4,7,13H,1-2H3. The van der Waals surface area contributed by atoms with Crippen molar-refractivity contribution in [2.24, 2.45) is 0 Å². The molecule has 13 heavy (non-hydrogen) atoms. The molecular formula is C10H10ClNO. The molecule has 2 nitrogen and oxygen atoms in total. The SMILES string of the molecule is Cc1cc(O)c(C(C)C#N)c(Cl)c1. The van der Waals surface area contributed by atoms with Crippen molar-refractivity contribution in [1.82, 2.24) is 0 Å². The van der Waals surface area contributed by atoms with Crippen molar-refractivity contribution in [3.8, 4) is 11.8 Å². The molecule has 1 aromatic carbocycles. The van der Waals surface area contributed by atoms with E-state index >= 15 is 0 Å². The first-order valence-corrected chi connectivity index (χ1v) is 4.32. The summed E-state index contributed by atoms with van der Waals surface area (Å²) in [4.78, 5) is 0. The van der Waals surface area contributed by atoms with Crippen LogP contribution in [0.3, 0.4) is 0 Å². The number of hydrogen-bond acceptors (Lipinski definition) is 2. The van der Waals surface area contributed by atoms with E-state index in [1.54, 1.807) is 19.1 Å². The van der Waals surface area contributed by atoms with Crippen molar-refractivity contribution in [2.75, 3.05) is 0 Å². The van der Waals surface area contributed by atoms with Gasteiger partial charge >= 0.3 is 0 Å².